The lowest BCUT2D eigenvalue weighted by molar-refractivity contribution is -0.139. The second-order valence-corrected chi connectivity index (χ2v) is 3.90. The van der Waals surface area contributed by atoms with Crippen LogP contribution in [0.1, 0.15) is 34.1 Å². The molecule has 2 N–H and O–H groups in total. The zero-order valence-corrected chi connectivity index (χ0v) is 8.55. The largest absolute Gasteiger partial charge is 0.481 e. The summed E-state index contributed by atoms with van der Waals surface area (Å²) in [6.07, 6.45) is 0.0628. The first-order chi connectivity index (χ1) is 5.75. The van der Waals surface area contributed by atoms with Crippen LogP contribution in [0.15, 0.2) is 0 Å². The van der Waals surface area contributed by atoms with Crippen LogP contribution in [0.4, 0.5) is 0 Å². The van der Waals surface area contributed by atoms with E-state index >= 15 is 0 Å². The summed E-state index contributed by atoms with van der Waals surface area (Å²) in [4.78, 5) is 21.2. The van der Waals surface area contributed by atoms with Gasteiger partial charge in [-0.25, -0.2) is 0 Å². The quantitative estimate of drug-likeness (QED) is 0.690. The molecule has 0 aromatic heterocycles. The number of nitrogens with one attached hydrogen (secondary N) is 1. The summed E-state index contributed by atoms with van der Waals surface area (Å²) in [6, 6.07) is 0. The average molecular weight is 187 g/mol. The number of hydrogen-bond acceptors (Lipinski definition) is 2. The van der Waals surface area contributed by atoms with Crippen LogP contribution in [-0.4, -0.2) is 22.5 Å². The van der Waals surface area contributed by atoms with Crippen molar-refractivity contribution in [1.82, 2.24) is 5.32 Å². The highest BCUT2D eigenvalue weighted by atomic mass is 16.4. The lowest BCUT2D eigenvalue weighted by Crippen LogP contribution is -2.47. The zero-order chi connectivity index (χ0) is 10.6. The number of aliphatic carboxylic acids is 1. The van der Waals surface area contributed by atoms with Crippen molar-refractivity contribution in [1.29, 1.82) is 0 Å². The van der Waals surface area contributed by atoms with Gasteiger partial charge in [-0.1, -0.05) is 6.92 Å². The fraction of sp³-hybridized carbons (Fsp3) is 0.778. The Balaban J connectivity index is 4.25. The maximum Gasteiger partial charge on any atom is 0.303 e. The molecule has 0 fully saturated rings. The van der Waals surface area contributed by atoms with Crippen LogP contribution in [0.5, 0.6) is 0 Å². The van der Waals surface area contributed by atoms with Crippen molar-refractivity contribution < 1.29 is 14.7 Å². The van der Waals surface area contributed by atoms with Crippen LogP contribution in [0.25, 0.3) is 0 Å². The first-order valence-corrected chi connectivity index (χ1v) is 4.26. The van der Waals surface area contributed by atoms with Crippen molar-refractivity contribution in [2.75, 3.05) is 0 Å². The van der Waals surface area contributed by atoms with Crippen molar-refractivity contribution in [2.45, 2.75) is 39.7 Å². The van der Waals surface area contributed by atoms with Gasteiger partial charge in [0.1, 0.15) is 0 Å². The molecule has 4 nitrogen and oxygen atoms in total. The van der Waals surface area contributed by atoms with Gasteiger partial charge in [-0.05, 0) is 19.8 Å². The van der Waals surface area contributed by atoms with Gasteiger partial charge in [-0.3, -0.25) is 9.59 Å². The molecule has 0 saturated carbocycles. The Bertz CT molecular complexity index is 211. The summed E-state index contributed by atoms with van der Waals surface area (Å²) in [6.45, 7) is 6.88. The molecule has 0 bridgehead atoms. The Hall–Kier alpha value is -1.06. The highest BCUT2D eigenvalue weighted by molar-refractivity contribution is 5.74. The molecule has 0 radical (unpaired) electrons. The van der Waals surface area contributed by atoms with Gasteiger partial charge in [0.15, 0.2) is 0 Å². The molecule has 0 rings (SSSR count). The van der Waals surface area contributed by atoms with Gasteiger partial charge in [0.2, 0.25) is 5.91 Å². The lowest BCUT2D eigenvalue weighted by Gasteiger charge is -2.31. The van der Waals surface area contributed by atoms with E-state index in [0.29, 0.717) is 0 Å². The highest BCUT2D eigenvalue weighted by Crippen LogP contribution is 2.19. The van der Waals surface area contributed by atoms with Gasteiger partial charge in [0.25, 0.3) is 0 Å². The Morgan fingerprint density at radius 1 is 1.46 bits per heavy atom. The topological polar surface area (TPSA) is 66.4 Å². The maximum absolute atomic E-state index is 10.8. The second-order valence-electron chi connectivity index (χ2n) is 3.90. The molecule has 4 heteroatoms. The molecule has 0 aromatic rings. The van der Waals surface area contributed by atoms with Gasteiger partial charge < -0.3 is 10.4 Å². The molecule has 0 heterocycles. The standard InChI is InChI=1S/C9H17NO3/c1-6(5-8(12)13)9(3,4)10-7(2)11/h6H,5H2,1-4H3,(H,10,11)(H,12,13). The number of rotatable bonds is 4. The molecule has 1 amide bonds. The summed E-state index contributed by atoms with van der Waals surface area (Å²) >= 11 is 0. The summed E-state index contributed by atoms with van der Waals surface area (Å²) in [5.74, 6) is -1.07. The third-order valence-electron chi connectivity index (χ3n) is 2.21. The van der Waals surface area contributed by atoms with E-state index in [4.69, 9.17) is 5.11 Å². The summed E-state index contributed by atoms with van der Waals surface area (Å²) in [7, 11) is 0. The van der Waals surface area contributed by atoms with Crippen molar-refractivity contribution in [3.8, 4) is 0 Å². The van der Waals surface area contributed by atoms with Crippen molar-refractivity contribution >= 4 is 11.9 Å². The smallest absolute Gasteiger partial charge is 0.303 e. The molecule has 0 aliphatic carbocycles. The van der Waals surface area contributed by atoms with Crippen LogP contribution in [-0.2, 0) is 9.59 Å². The van der Waals surface area contributed by atoms with Crippen LogP contribution in [0.3, 0.4) is 0 Å². The molecule has 1 unspecified atom stereocenters. The van der Waals surface area contributed by atoms with Crippen LogP contribution in [0.2, 0.25) is 0 Å². The Morgan fingerprint density at radius 2 is 1.92 bits per heavy atom. The normalized spacial score (nSPS) is 13.5. The monoisotopic (exact) mass is 187 g/mol. The first-order valence-electron chi connectivity index (χ1n) is 4.26. The van der Waals surface area contributed by atoms with E-state index in [1.54, 1.807) is 0 Å². The summed E-state index contributed by atoms with van der Waals surface area (Å²) in [5, 5.41) is 11.3. The number of carbonyl (C=O) groups excluding carboxylic acids is 1. The van der Waals surface area contributed by atoms with Gasteiger partial charge in [-0.15, -0.1) is 0 Å². The molecule has 0 aliphatic rings. The van der Waals surface area contributed by atoms with Gasteiger partial charge in [0.05, 0.1) is 6.42 Å². The van der Waals surface area contributed by atoms with E-state index in [9.17, 15) is 9.59 Å². The summed E-state index contributed by atoms with van der Waals surface area (Å²) < 4.78 is 0. The number of hydrogen-bond donors (Lipinski definition) is 2. The fourth-order valence-corrected chi connectivity index (χ4v) is 1.09. The van der Waals surface area contributed by atoms with Crippen molar-refractivity contribution in [2.24, 2.45) is 5.92 Å². The van der Waals surface area contributed by atoms with Gasteiger partial charge in [-0.2, -0.15) is 0 Å². The second kappa shape index (κ2) is 4.25. The zero-order valence-electron chi connectivity index (χ0n) is 8.55. The highest BCUT2D eigenvalue weighted by Gasteiger charge is 2.27. The van der Waals surface area contributed by atoms with Crippen molar-refractivity contribution in [3.05, 3.63) is 0 Å². The van der Waals surface area contributed by atoms with E-state index in [0.717, 1.165) is 0 Å². The molecule has 76 valence electrons. The summed E-state index contributed by atoms with van der Waals surface area (Å²) in [5.41, 5.74) is -0.468. The molecular weight excluding hydrogens is 170 g/mol. The molecule has 0 saturated heterocycles. The van der Waals surface area contributed by atoms with Gasteiger partial charge >= 0.3 is 5.97 Å². The van der Waals surface area contributed by atoms with E-state index in [1.807, 2.05) is 20.8 Å². The van der Waals surface area contributed by atoms with Crippen molar-refractivity contribution in [3.63, 3.8) is 0 Å². The molecule has 0 aliphatic heterocycles. The molecule has 0 spiro atoms. The molecular formula is C9H17NO3. The minimum Gasteiger partial charge on any atom is -0.481 e. The number of carboxylic acid groups (broad SMARTS) is 1. The first kappa shape index (κ1) is 11.9. The Labute approximate surface area is 78.3 Å². The lowest BCUT2D eigenvalue weighted by atomic mass is 9.86. The van der Waals surface area contributed by atoms with Crippen LogP contribution < -0.4 is 5.32 Å². The average Bonchev–Trinajstić information content (AvgIpc) is 1.81. The minimum absolute atomic E-state index is 0.0628. The predicted molar refractivity (Wildman–Crippen MR) is 49.3 cm³/mol. The number of carbonyl (C=O) groups is 2. The predicted octanol–water partition coefficient (Wildman–Crippen LogP) is 1.01. The Kier molecular flexibility index (Phi) is 3.91. The molecule has 13 heavy (non-hydrogen) atoms. The third-order valence-corrected chi connectivity index (χ3v) is 2.21. The molecule has 0 aromatic carbocycles. The van der Waals surface area contributed by atoms with Crippen LogP contribution >= 0.6 is 0 Å². The fourth-order valence-electron chi connectivity index (χ4n) is 1.09. The number of amides is 1. The van der Waals surface area contributed by atoms with E-state index in [2.05, 4.69) is 5.32 Å². The van der Waals surface area contributed by atoms with Gasteiger partial charge in [0, 0.05) is 12.5 Å². The Morgan fingerprint density at radius 3 is 2.23 bits per heavy atom. The van der Waals surface area contributed by atoms with E-state index in [1.165, 1.54) is 6.92 Å². The van der Waals surface area contributed by atoms with E-state index in [-0.39, 0.29) is 18.2 Å². The molecule has 1 atom stereocenters. The van der Waals surface area contributed by atoms with Crippen LogP contribution in [0, 0.1) is 5.92 Å². The number of carboxylic acids is 1. The third kappa shape index (κ3) is 4.50. The maximum atomic E-state index is 10.8. The SMILES string of the molecule is CC(=O)NC(C)(C)C(C)CC(=O)O. The van der Waals surface area contributed by atoms with E-state index < -0.39 is 11.5 Å². The minimum atomic E-state index is -0.842.